The van der Waals surface area contributed by atoms with Crippen LogP contribution in [0.3, 0.4) is 0 Å². The highest BCUT2D eigenvalue weighted by Gasteiger charge is 2.61. The average molecular weight is 284 g/mol. The molecule has 1 saturated heterocycles. The fourth-order valence-corrected chi connectivity index (χ4v) is 5.02. The van der Waals surface area contributed by atoms with Gasteiger partial charge in [-0.15, -0.1) is 0 Å². The number of fused-ring (bicyclic) bond motifs is 5. The summed E-state index contributed by atoms with van der Waals surface area (Å²) < 4.78 is 0. The lowest BCUT2D eigenvalue weighted by Gasteiger charge is -2.31. The first-order valence-electron chi connectivity index (χ1n) is 8.17. The highest BCUT2D eigenvalue weighted by atomic mass is 16.2. The Kier molecular flexibility index (Phi) is 2.92. The van der Waals surface area contributed by atoms with E-state index in [4.69, 9.17) is 0 Å². The monoisotopic (exact) mass is 284 g/mol. The van der Waals surface area contributed by atoms with Crippen LogP contribution in [-0.4, -0.2) is 22.8 Å². The average Bonchev–Trinajstić information content (AvgIpc) is 3.18. The smallest absolute Gasteiger partial charge is 0.234 e. The van der Waals surface area contributed by atoms with E-state index in [9.17, 15) is 14.9 Å². The van der Waals surface area contributed by atoms with Crippen LogP contribution in [-0.2, 0) is 9.59 Å². The van der Waals surface area contributed by atoms with Crippen molar-refractivity contribution in [1.29, 1.82) is 5.26 Å². The van der Waals surface area contributed by atoms with Crippen LogP contribution in [0.2, 0.25) is 0 Å². The van der Waals surface area contributed by atoms with Crippen molar-refractivity contribution in [3.05, 3.63) is 12.2 Å². The van der Waals surface area contributed by atoms with Crippen molar-refractivity contribution in [2.24, 2.45) is 29.6 Å². The summed E-state index contributed by atoms with van der Waals surface area (Å²) >= 11 is 0. The van der Waals surface area contributed by atoms with Gasteiger partial charge in [-0.3, -0.25) is 14.5 Å². The second kappa shape index (κ2) is 4.69. The molecule has 2 bridgehead atoms. The molecule has 0 N–H and O–H groups in total. The minimum Gasteiger partial charge on any atom is -0.274 e. The molecular weight excluding hydrogens is 264 g/mol. The highest BCUT2D eigenvalue weighted by Crippen LogP contribution is 2.53. The molecule has 4 nitrogen and oxygen atoms in total. The third kappa shape index (κ3) is 1.73. The van der Waals surface area contributed by atoms with Gasteiger partial charge in [0, 0.05) is 0 Å². The van der Waals surface area contributed by atoms with Crippen molar-refractivity contribution in [3.63, 3.8) is 0 Å². The maximum Gasteiger partial charge on any atom is 0.234 e. The predicted molar refractivity (Wildman–Crippen MR) is 75.5 cm³/mol. The largest absolute Gasteiger partial charge is 0.274 e. The summed E-state index contributed by atoms with van der Waals surface area (Å²) in [5.41, 5.74) is 0. The Balaban J connectivity index is 1.62. The minimum absolute atomic E-state index is 0.0704. The van der Waals surface area contributed by atoms with E-state index < -0.39 is 6.04 Å². The lowest BCUT2D eigenvalue weighted by atomic mass is 9.83. The first-order chi connectivity index (χ1) is 10.2. The normalized spacial score (nSPS) is 39.7. The summed E-state index contributed by atoms with van der Waals surface area (Å²) in [4.78, 5) is 26.9. The molecule has 3 fully saturated rings. The quantitative estimate of drug-likeness (QED) is 0.577. The van der Waals surface area contributed by atoms with Gasteiger partial charge in [-0.25, -0.2) is 0 Å². The maximum atomic E-state index is 12.8. The molecule has 0 aromatic carbocycles. The molecule has 2 saturated carbocycles. The zero-order valence-corrected chi connectivity index (χ0v) is 12.1. The molecule has 5 unspecified atom stereocenters. The Morgan fingerprint density at radius 1 is 1.05 bits per heavy atom. The zero-order valence-electron chi connectivity index (χ0n) is 12.1. The van der Waals surface area contributed by atoms with Crippen LogP contribution in [0.25, 0.3) is 0 Å². The van der Waals surface area contributed by atoms with Crippen LogP contribution in [0, 0.1) is 40.9 Å². The van der Waals surface area contributed by atoms with Gasteiger partial charge in [0.05, 0.1) is 17.9 Å². The van der Waals surface area contributed by atoms with E-state index in [-0.39, 0.29) is 41.4 Å². The third-order valence-electron chi connectivity index (χ3n) is 6.01. The molecule has 3 aliphatic carbocycles. The SMILES string of the molecule is N#CC(C1CCCCC1)N1C(=O)C2C3C=CC(C3)C2C1=O. The number of nitrogens with zero attached hydrogens (tertiary/aromatic N) is 2. The number of likely N-dealkylation sites (tertiary alicyclic amines) is 1. The topological polar surface area (TPSA) is 61.2 Å². The minimum atomic E-state index is -0.532. The number of hydrogen-bond acceptors (Lipinski definition) is 3. The molecule has 4 aliphatic rings. The lowest BCUT2D eigenvalue weighted by Crippen LogP contribution is -2.45. The molecule has 0 radical (unpaired) electrons. The third-order valence-corrected chi connectivity index (χ3v) is 6.01. The van der Waals surface area contributed by atoms with Crippen molar-refractivity contribution in [1.82, 2.24) is 4.90 Å². The fraction of sp³-hybridized carbons (Fsp3) is 0.706. The van der Waals surface area contributed by atoms with Crippen molar-refractivity contribution in [2.75, 3.05) is 0 Å². The zero-order chi connectivity index (χ0) is 14.6. The Morgan fingerprint density at radius 2 is 1.62 bits per heavy atom. The van der Waals surface area contributed by atoms with Crippen molar-refractivity contribution in [3.8, 4) is 6.07 Å². The molecule has 1 aliphatic heterocycles. The molecule has 4 heteroatoms. The van der Waals surface area contributed by atoms with Crippen molar-refractivity contribution >= 4 is 11.8 Å². The summed E-state index contributed by atoms with van der Waals surface area (Å²) in [6, 6.07) is 1.75. The first kappa shape index (κ1) is 13.1. The molecule has 110 valence electrons. The molecular formula is C17H20N2O2. The van der Waals surface area contributed by atoms with Crippen LogP contribution in [0.4, 0.5) is 0 Å². The Bertz CT molecular complexity index is 526. The summed E-state index contributed by atoms with van der Waals surface area (Å²) in [6.45, 7) is 0. The van der Waals surface area contributed by atoms with E-state index in [0.29, 0.717) is 0 Å². The van der Waals surface area contributed by atoms with Gasteiger partial charge < -0.3 is 0 Å². The van der Waals surface area contributed by atoms with E-state index in [1.165, 1.54) is 11.3 Å². The van der Waals surface area contributed by atoms with Gasteiger partial charge in [-0.05, 0) is 37.0 Å². The number of rotatable bonds is 2. The number of imide groups is 1. The van der Waals surface area contributed by atoms with E-state index >= 15 is 0 Å². The number of carbonyl (C=O) groups excluding carboxylic acids is 2. The van der Waals surface area contributed by atoms with Crippen molar-refractivity contribution < 1.29 is 9.59 Å². The standard InChI is InChI=1S/C17H20N2O2/c18-9-13(10-4-2-1-3-5-10)19-16(20)14-11-6-7-12(8-11)15(14)17(19)21/h6-7,10-15H,1-5,8H2. The number of amides is 2. The summed E-state index contributed by atoms with van der Waals surface area (Å²) in [6.07, 6.45) is 10.5. The van der Waals surface area contributed by atoms with Gasteiger partial charge in [0.2, 0.25) is 11.8 Å². The number of nitriles is 1. The highest BCUT2D eigenvalue weighted by molar-refractivity contribution is 6.07. The van der Waals surface area contributed by atoms with Gasteiger partial charge in [0.25, 0.3) is 0 Å². The molecule has 4 rings (SSSR count). The number of carbonyl (C=O) groups is 2. The Morgan fingerprint density at radius 3 is 2.14 bits per heavy atom. The van der Waals surface area contributed by atoms with Gasteiger partial charge >= 0.3 is 0 Å². The summed E-state index contributed by atoms with van der Waals surface area (Å²) in [7, 11) is 0. The number of allylic oxidation sites excluding steroid dienone is 2. The van der Waals surface area contributed by atoms with Crippen LogP contribution in [0.15, 0.2) is 12.2 Å². The van der Waals surface area contributed by atoms with Gasteiger partial charge in [0.15, 0.2) is 0 Å². The lowest BCUT2D eigenvalue weighted by molar-refractivity contribution is -0.143. The Labute approximate surface area is 124 Å². The maximum absolute atomic E-state index is 12.8. The van der Waals surface area contributed by atoms with E-state index in [0.717, 1.165) is 32.1 Å². The van der Waals surface area contributed by atoms with E-state index in [2.05, 4.69) is 18.2 Å². The molecule has 5 atom stereocenters. The van der Waals surface area contributed by atoms with Gasteiger partial charge in [0.1, 0.15) is 6.04 Å². The van der Waals surface area contributed by atoms with Gasteiger partial charge in [-0.1, -0.05) is 31.4 Å². The summed E-state index contributed by atoms with van der Waals surface area (Å²) in [5, 5.41) is 9.57. The Hall–Kier alpha value is -1.63. The number of hydrogen-bond donors (Lipinski definition) is 0. The first-order valence-corrected chi connectivity index (χ1v) is 8.17. The van der Waals surface area contributed by atoms with Crippen molar-refractivity contribution in [2.45, 2.75) is 44.6 Å². The molecule has 0 aromatic rings. The van der Waals surface area contributed by atoms with E-state index in [1.54, 1.807) is 0 Å². The molecule has 1 heterocycles. The van der Waals surface area contributed by atoms with Gasteiger partial charge in [-0.2, -0.15) is 5.26 Å². The molecule has 0 aromatic heterocycles. The van der Waals surface area contributed by atoms with Crippen LogP contribution in [0.5, 0.6) is 0 Å². The fourth-order valence-electron chi connectivity index (χ4n) is 5.02. The van der Waals surface area contributed by atoms with E-state index in [1.807, 2.05) is 0 Å². The van der Waals surface area contributed by atoms with Crippen LogP contribution < -0.4 is 0 Å². The van der Waals surface area contributed by atoms with Crippen LogP contribution in [0.1, 0.15) is 38.5 Å². The molecule has 2 amide bonds. The predicted octanol–water partition coefficient (Wildman–Crippen LogP) is 2.27. The summed E-state index contributed by atoms with van der Waals surface area (Å²) in [5.74, 6) is 0.150. The molecule has 21 heavy (non-hydrogen) atoms. The van der Waals surface area contributed by atoms with Crippen LogP contribution >= 0.6 is 0 Å². The second-order valence-corrected chi connectivity index (χ2v) is 7.02. The second-order valence-electron chi connectivity index (χ2n) is 7.02. The molecule has 0 spiro atoms.